The normalized spacial score (nSPS) is 17.8. The zero-order chi connectivity index (χ0) is 31.6. The Morgan fingerprint density at radius 2 is 1.75 bits per heavy atom. The van der Waals surface area contributed by atoms with Gasteiger partial charge < -0.3 is 24.1 Å². The van der Waals surface area contributed by atoms with Gasteiger partial charge >= 0.3 is 0 Å². The molecule has 0 saturated carbocycles. The molecule has 0 aromatic heterocycles. The number of nitrogens with zero attached hydrogens (tertiary/aromatic N) is 1. The molecule has 0 spiro atoms. The average Bonchev–Trinajstić information content (AvgIpc) is 3.39. The number of aliphatic hydroxyl groups excluding tert-OH is 1. The fourth-order valence-electron chi connectivity index (χ4n) is 4.78. The number of rotatable bonds is 16. The Bertz CT molecular complexity index is 1530. The van der Waals surface area contributed by atoms with Crippen LogP contribution in [0.4, 0.5) is 0 Å². The first-order valence-corrected chi connectivity index (χ1v) is 16.0. The van der Waals surface area contributed by atoms with Crippen LogP contribution in [0.2, 0.25) is 0 Å². The molecule has 1 aliphatic rings. The molecular formula is C32H39N3O8S. The van der Waals surface area contributed by atoms with Gasteiger partial charge in [0.15, 0.2) is 26.9 Å². The van der Waals surface area contributed by atoms with Crippen molar-refractivity contribution in [3.63, 3.8) is 0 Å². The Labute approximate surface area is 258 Å². The largest absolute Gasteiger partial charge is 0.494 e. The number of carbonyl (C=O) groups excluding carboxylic acids is 1. The molecule has 0 fully saturated rings. The van der Waals surface area contributed by atoms with Crippen molar-refractivity contribution in [2.45, 2.75) is 42.7 Å². The molecule has 12 heteroatoms. The van der Waals surface area contributed by atoms with Crippen molar-refractivity contribution < 1.29 is 37.3 Å². The number of hydrogen-bond donors (Lipinski definition) is 3. The maximum Gasteiger partial charge on any atom is 0.266 e. The molecule has 1 amide bonds. The Kier molecular flexibility index (Phi) is 11.2. The van der Waals surface area contributed by atoms with Gasteiger partial charge in [0.1, 0.15) is 11.9 Å². The number of hydrogen-bond acceptors (Lipinski definition) is 10. The summed E-state index contributed by atoms with van der Waals surface area (Å²) in [5.41, 5.74) is 5.77. The van der Waals surface area contributed by atoms with E-state index in [1.54, 1.807) is 63.6 Å². The summed E-state index contributed by atoms with van der Waals surface area (Å²) < 4.78 is 48.7. The molecule has 11 nitrogen and oxygen atoms in total. The first-order valence-electron chi connectivity index (χ1n) is 14.3. The van der Waals surface area contributed by atoms with E-state index in [1.165, 1.54) is 12.1 Å². The number of benzene rings is 3. The molecule has 0 unspecified atom stereocenters. The summed E-state index contributed by atoms with van der Waals surface area (Å²) in [7, 11) is -0.558. The van der Waals surface area contributed by atoms with Crippen molar-refractivity contribution in [3.05, 3.63) is 83.9 Å². The van der Waals surface area contributed by atoms with Crippen LogP contribution in [-0.2, 0) is 25.8 Å². The summed E-state index contributed by atoms with van der Waals surface area (Å²) in [4.78, 5) is 18.7. The summed E-state index contributed by atoms with van der Waals surface area (Å²) in [6, 6.07) is 20.7. The van der Waals surface area contributed by atoms with Crippen molar-refractivity contribution in [2.75, 3.05) is 39.7 Å². The van der Waals surface area contributed by atoms with Crippen LogP contribution < -0.4 is 25.1 Å². The molecule has 0 saturated heterocycles. The molecular weight excluding hydrogens is 586 g/mol. The lowest BCUT2D eigenvalue weighted by atomic mass is 9.90. The summed E-state index contributed by atoms with van der Waals surface area (Å²) >= 11 is 0. The molecule has 4 rings (SSSR count). The number of hydrazine groups is 1. The van der Waals surface area contributed by atoms with E-state index in [2.05, 4.69) is 10.9 Å². The van der Waals surface area contributed by atoms with Gasteiger partial charge in [0.05, 0.1) is 31.5 Å². The van der Waals surface area contributed by atoms with E-state index in [4.69, 9.17) is 29.0 Å². The number of amides is 1. The van der Waals surface area contributed by atoms with E-state index >= 15 is 0 Å². The van der Waals surface area contributed by atoms with Gasteiger partial charge in [-0.25, -0.2) is 18.8 Å². The summed E-state index contributed by atoms with van der Waals surface area (Å²) in [5, 5.41) is 8.97. The van der Waals surface area contributed by atoms with E-state index in [0.717, 1.165) is 5.56 Å². The number of aliphatic imine (C=N–C) groups is 1. The molecule has 1 heterocycles. The van der Waals surface area contributed by atoms with Crippen molar-refractivity contribution >= 4 is 21.6 Å². The molecule has 1 aliphatic heterocycles. The lowest BCUT2D eigenvalue weighted by Crippen LogP contribution is -2.55. The summed E-state index contributed by atoms with van der Waals surface area (Å²) in [5.74, 6) is 1.27. The third-order valence-electron chi connectivity index (χ3n) is 7.37. The molecule has 236 valence electrons. The Hall–Kier alpha value is -4.13. The maximum absolute atomic E-state index is 13.8. The zero-order valence-corrected chi connectivity index (χ0v) is 25.9. The molecule has 44 heavy (non-hydrogen) atoms. The molecule has 2 atom stereocenters. The first kappa shape index (κ1) is 32.8. The number of ether oxygens (including phenoxy) is 4. The van der Waals surface area contributed by atoms with E-state index in [9.17, 15) is 13.2 Å². The van der Waals surface area contributed by atoms with Crippen LogP contribution in [0.15, 0.2) is 82.7 Å². The minimum absolute atomic E-state index is 0.0375. The van der Waals surface area contributed by atoms with Crippen molar-refractivity contribution in [1.82, 2.24) is 10.9 Å². The predicted octanol–water partition coefficient (Wildman–Crippen LogP) is 3.10. The van der Waals surface area contributed by atoms with Crippen molar-refractivity contribution in [2.24, 2.45) is 4.99 Å². The molecule has 0 aliphatic carbocycles. The highest BCUT2D eigenvalue weighted by Crippen LogP contribution is 2.33. The summed E-state index contributed by atoms with van der Waals surface area (Å²) in [6.45, 7) is 2.52. The van der Waals surface area contributed by atoms with Crippen LogP contribution in [0.5, 0.6) is 17.2 Å². The Morgan fingerprint density at radius 3 is 2.43 bits per heavy atom. The van der Waals surface area contributed by atoms with E-state index in [0.29, 0.717) is 48.8 Å². The number of carbonyl (C=O) groups is 1. The second-order valence-electron chi connectivity index (χ2n) is 10.3. The molecule has 3 aromatic carbocycles. The third-order valence-corrected chi connectivity index (χ3v) is 9.10. The minimum atomic E-state index is -3.70. The van der Waals surface area contributed by atoms with Gasteiger partial charge in [-0.3, -0.25) is 10.2 Å². The number of nitrogens with one attached hydrogen (secondary N) is 2. The van der Waals surface area contributed by atoms with Gasteiger partial charge in [-0.1, -0.05) is 24.3 Å². The highest BCUT2D eigenvalue weighted by molar-refractivity contribution is 7.91. The van der Waals surface area contributed by atoms with Crippen molar-refractivity contribution in [1.29, 1.82) is 0 Å². The second kappa shape index (κ2) is 15.0. The zero-order valence-electron chi connectivity index (χ0n) is 25.1. The van der Waals surface area contributed by atoms with Crippen LogP contribution in [0.25, 0.3) is 0 Å². The lowest BCUT2D eigenvalue weighted by Gasteiger charge is -2.28. The smallest absolute Gasteiger partial charge is 0.266 e. The quantitative estimate of drug-likeness (QED) is 0.162. The van der Waals surface area contributed by atoms with Crippen LogP contribution in [-0.4, -0.2) is 76.7 Å². The van der Waals surface area contributed by atoms with Gasteiger partial charge in [-0.15, -0.1) is 0 Å². The van der Waals surface area contributed by atoms with E-state index < -0.39 is 27.4 Å². The van der Waals surface area contributed by atoms with Gasteiger partial charge in [-0.05, 0) is 73.9 Å². The highest BCUT2D eigenvalue weighted by Gasteiger charge is 2.50. The Morgan fingerprint density at radius 1 is 1.02 bits per heavy atom. The van der Waals surface area contributed by atoms with Gasteiger partial charge in [0, 0.05) is 25.1 Å². The summed E-state index contributed by atoms with van der Waals surface area (Å²) in [6.07, 6.45) is 0.238. The van der Waals surface area contributed by atoms with Crippen LogP contribution in [0.1, 0.15) is 30.9 Å². The Balaban J connectivity index is 1.51. The standard InChI is InChI=1S/C32H39N3O8S/c1-23-32(17-21-44(38,39)27-8-5-4-6-9-27,34-30(43-23)25-11-13-26(14-12-25)42-20-7-19-36)31(37)35-33-18-16-24-10-15-28(40-2)29(22-24)41-3/h4-6,8-15,22-23,33,36H,7,16-21H2,1-3H3,(H,35,37)/t23-,32-/m0/s1. The third kappa shape index (κ3) is 7.87. The average molecular weight is 626 g/mol. The highest BCUT2D eigenvalue weighted by atomic mass is 32.2. The maximum atomic E-state index is 13.8. The molecule has 3 aromatic rings. The number of aliphatic hydroxyl groups is 1. The van der Waals surface area contributed by atoms with Crippen LogP contribution >= 0.6 is 0 Å². The van der Waals surface area contributed by atoms with Crippen LogP contribution in [0, 0.1) is 0 Å². The van der Waals surface area contributed by atoms with E-state index in [1.807, 2.05) is 18.2 Å². The second-order valence-corrected chi connectivity index (χ2v) is 12.4. The number of sulfone groups is 1. The minimum Gasteiger partial charge on any atom is -0.494 e. The van der Waals surface area contributed by atoms with Gasteiger partial charge in [-0.2, -0.15) is 0 Å². The van der Waals surface area contributed by atoms with E-state index in [-0.39, 0.29) is 29.6 Å². The fraction of sp³-hybridized carbons (Fsp3) is 0.375. The van der Waals surface area contributed by atoms with Gasteiger partial charge in [0.2, 0.25) is 5.90 Å². The lowest BCUT2D eigenvalue weighted by molar-refractivity contribution is -0.129. The first-order chi connectivity index (χ1) is 21.2. The fourth-order valence-corrected chi connectivity index (χ4v) is 6.17. The predicted molar refractivity (Wildman–Crippen MR) is 166 cm³/mol. The van der Waals surface area contributed by atoms with Gasteiger partial charge in [0.25, 0.3) is 5.91 Å². The monoisotopic (exact) mass is 625 g/mol. The molecule has 0 radical (unpaired) electrons. The topological polar surface area (TPSA) is 145 Å². The molecule has 3 N–H and O–H groups in total. The molecule has 0 bridgehead atoms. The van der Waals surface area contributed by atoms with Crippen LogP contribution in [0.3, 0.4) is 0 Å². The van der Waals surface area contributed by atoms with Crippen molar-refractivity contribution in [3.8, 4) is 17.2 Å². The number of methoxy groups -OCH3 is 2. The SMILES string of the molecule is COc1ccc(CCNNC(=O)[C@@]2(CCS(=O)(=O)c3ccccc3)N=C(c3ccc(OCCCO)cc3)O[C@H]2C)cc1OC.